The monoisotopic (exact) mass is 260 g/mol. The van der Waals surface area contributed by atoms with Gasteiger partial charge in [0.1, 0.15) is 12.1 Å². The molecule has 0 aliphatic carbocycles. The number of fused-ring (bicyclic) bond motifs is 1. The van der Waals surface area contributed by atoms with Crippen molar-refractivity contribution in [2.45, 2.75) is 25.8 Å². The minimum absolute atomic E-state index is 0.526. The minimum Gasteiger partial charge on any atom is -0.352 e. The molecule has 2 aromatic rings. The number of aryl methyl sites for hydroxylation is 1. The van der Waals surface area contributed by atoms with E-state index < -0.39 is 0 Å². The number of anilines is 1. The Kier molecular flexibility index (Phi) is 3.33. The highest BCUT2D eigenvalue weighted by Gasteiger charge is 2.27. The van der Waals surface area contributed by atoms with Gasteiger partial charge in [-0.15, -0.1) is 0 Å². The first-order chi connectivity index (χ1) is 9.31. The zero-order valence-corrected chi connectivity index (χ0v) is 11.5. The van der Waals surface area contributed by atoms with E-state index in [1.54, 1.807) is 11.0 Å². The van der Waals surface area contributed by atoms with Crippen molar-refractivity contribution in [3.05, 3.63) is 12.5 Å². The van der Waals surface area contributed by atoms with E-state index in [4.69, 9.17) is 0 Å². The van der Waals surface area contributed by atoms with Crippen LogP contribution < -0.4 is 10.2 Å². The maximum Gasteiger partial charge on any atom is 0.163 e. The Balaban J connectivity index is 1.94. The summed E-state index contributed by atoms with van der Waals surface area (Å²) >= 11 is 0. The van der Waals surface area contributed by atoms with E-state index in [0.29, 0.717) is 6.04 Å². The molecule has 1 unspecified atom stereocenters. The highest BCUT2D eigenvalue weighted by atomic mass is 15.3. The van der Waals surface area contributed by atoms with Crippen molar-refractivity contribution in [2.75, 3.05) is 24.5 Å². The molecule has 1 atom stereocenters. The van der Waals surface area contributed by atoms with Gasteiger partial charge in [-0.05, 0) is 19.4 Å². The molecule has 6 nitrogen and oxygen atoms in total. The van der Waals surface area contributed by atoms with Gasteiger partial charge >= 0.3 is 0 Å². The third-order valence-electron chi connectivity index (χ3n) is 3.79. The van der Waals surface area contributed by atoms with Crippen LogP contribution in [0.4, 0.5) is 5.82 Å². The average Bonchev–Trinajstić information content (AvgIpc) is 3.03. The lowest BCUT2D eigenvalue weighted by molar-refractivity contribution is 0.585. The van der Waals surface area contributed by atoms with Crippen molar-refractivity contribution in [1.82, 2.24) is 25.1 Å². The van der Waals surface area contributed by atoms with Gasteiger partial charge in [0.2, 0.25) is 0 Å². The number of hydrogen-bond acceptors (Lipinski definition) is 5. The molecule has 0 aromatic carbocycles. The largest absolute Gasteiger partial charge is 0.352 e. The van der Waals surface area contributed by atoms with Crippen molar-refractivity contribution >= 4 is 16.9 Å². The fourth-order valence-corrected chi connectivity index (χ4v) is 2.82. The van der Waals surface area contributed by atoms with Crippen molar-refractivity contribution in [1.29, 1.82) is 0 Å². The Labute approximate surface area is 112 Å². The average molecular weight is 260 g/mol. The van der Waals surface area contributed by atoms with Crippen molar-refractivity contribution < 1.29 is 0 Å². The summed E-state index contributed by atoms with van der Waals surface area (Å²) < 4.78 is 1.80. The van der Waals surface area contributed by atoms with Gasteiger partial charge in [-0.3, -0.25) is 4.68 Å². The van der Waals surface area contributed by atoms with E-state index in [1.165, 1.54) is 12.8 Å². The summed E-state index contributed by atoms with van der Waals surface area (Å²) in [6.45, 7) is 5.24. The molecule has 1 N–H and O–H groups in total. The maximum atomic E-state index is 4.49. The van der Waals surface area contributed by atoms with Crippen molar-refractivity contribution in [3.8, 4) is 0 Å². The predicted octanol–water partition coefficient (Wildman–Crippen LogP) is 0.942. The molecular formula is C13H20N6. The third-order valence-corrected chi connectivity index (χ3v) is 3.79. The van der Waals surface area contributed by atoms with E-state index in [0.717, 1.165) is 36.5 Å². The summed E-state index contributed by atoms with van der Waals surface area (Å²) in [5, 5.41) is 8.77. The number of likely N-dealkylation sites (N-methyl/N-ethyl adjacent to an activating group) is 1. The fraction of sp³-hybridized carbons (Fsp3) is 0.615. The van der Waals surface area contributed by atoms with Crippen LogP contribution in [0.5, 0.6) is 0 Å². The second kappa shape index (κ2) is 5.13. The Morgan fingerprint density at radius 1 is 1.42 bits per heavy atom. The summed E-state index contributed by atoms with van der Waals surface area (Å²) in [5.41, 5.74) is 0.902. The number of nitrogens with one attached hydrogen (secondary N) is 1. The summed E-state index contributed by atoms with van der Waals surface area (Å²) in [6, 6.07) is 0.526. The number of rotatable bonds is 4. The second-order valence-electron chi connectivity index (χ2n) is 5.00. The van der Waals surface area contributed by atoms with Gasteiger partial charge in [0.25, 0.3) is 0 Å². The van der Waals surface area contributed by atoms with Gasteiger partial charge in [-0.1, -0.05) is 6.92 Å². The van der Waals surface area contributed by atoms with Gasteiger partial charge in [-0.25, -0.2) is 9.97 Å². The summed E-state index contributed by atoms with van der Waals surface area (Å²) in [7, 11) is 1.92. The molecule has 0 saturated carbocycles. The van der Waals surface area contributed by atoms with Crippen LogP contribution in [0.1, 0.15) is 19.8 Å². The molecule has 102 valence electrons. The molecule has 19 heavy (non-hydrogen) atoms. The van der Waals surface area contributed by atoms with Crippen LogP contribution in [-0.4, -0.2) is 45.4 Å². The van der Waals surface area contributed by atoms with E-state index in [2.05, 4.69) is 32.2 Å². The van der Waals surface area contributed by atoms with Gasteiger partial charge in [0.15, 0.2) is 5.65 Å². The molecule has 3 heterocycles. The van der Waals surface area contributed by atoms with Crippen LogP contribution in [0.2, 0.25) is 0 Å². The molecule has 6 heteroatoms. The summed E-state index contributed by atoms with van der Waals surface area (Å²) in [4.78, 5) is 11.2. The Morgan fingerprint density at radius 3 is 3.16 bits per heavy atom. The van der Waals surface area contributed by atoms with Gasteiger partial charge < -0.3 is 10.2 Å². The molecule has 1 saturated heterocycles. The van der Waals surface area contributed by atoms with Crippen LogP contribution in [0.25, 0.3) is 11.0 Å². The summed E-state index contributed by atoms with van der Waals surface area (Å²) in [5.74, 6) is 1.03. The predicted molar refractivity (Wildman–Crippen MR) is 75.2 cm³/mol. The molecule has 0 spiro atoms. The molecule has 0 bridgehead atoms. The van der Waals surface area contributed by atoms with Gasteiger partial charge in [-0.2, -0.15) is 5.10 Å². The van der Waals surface area contributed by atoms with E-state index in [9.17, 15) is 0 Å². The van der Waals surface area contributed by atoms with Crippen LogP contribution in [0, 0.1) is 0 Å². The number of aromatic nitrogens is 4. The Hall–Kier alpha value is -1.69. The lowest BCUT2D eigenvalue weighted by Gasteiger charge is -2.26. The molecule has 0 amide bonds. The molecule has 1 aliphatic rings. The molecular weight excluding hydrogens is 240 g/mol. The third kappa shape index (κ3) is 2.16. The minimum atomic E-state index is 0.526. The zero-order valence-electron chi connectivity index (χ0n) is 11.5. The van der Waals surface area contributed by atoms with E-state index in [-0.39, 0.29) is 0 Å². The first kappa shape index (κ1) is 12.3. The zero-order chi connectivity index (χ0) is 13.2. The van der Waals surface area contributed by atoms with E-state index >= 15 is 0 Å². The van der Waals surface area contributed by atoms with Crippen LogP contribution >= 0.6 is 0 Å². The first-order valence-corrected chi connectivity index (χ1v) is 6.91. The van der Waals surface area contributed by atoms with Crippen molar-refractivity contribution in [3.63, 3.8) is 0 Å². The topological polar surface area (TPSA) is 58.9 Å². The standard InChI is InChI=1S/C13H20N6/c1-3-14-7-10-5-4-6-19(10)13-11-8-17-18(2)12(11)15-9-16-13/h8-10,14H,3-7H2,1-2H3. The normalized spacial score (nSPS) is 19.5. The smallest absolute Gasteiger partial charge is 0.163 e. The quantitative estimate of drug-likeness (QED) is 0.886. The Morgan fingerprint density at radius 2 is 2.32 bits per heavy atom. The van der Waals surface area contributed by atoms with Gasteiger partial charge in [0, 0.05) is 26.2 Å². The second-order valence-corrected chi connectivity index (χ2v) is 5.00. The molecule has 1 aliphatic heterocycles. The highest BCUT2D eigenvalue weighted by Crippen LogP contribution is 2.28. The van der Waals surface area contributed by atoms with Crippen LogP contribution in [0.15, 0.2) is 12.5 Å². The SMILES string of the molecule is CCNCC1CCCN1c1ncnc2c1cnn2C. The summed E-state index contributed by atoms with van der Waals surface area (Å²) in [6.07, 6.45) is 5.95. The maximum absolute atomic E-state index is 4.49. The van der Waals surface area contributed by atoms with Crippen LogP contribution in [-0.2, 0) is 7.05 Å². The molecule has 1 fully saturated rings. The molecule has 0 radical (unpaired) electrons. The van der Waals surface area contributed by atoms with Crippen LogP contribution in [0.3, 0.4) is 0 Å². The van der Waals surface area contributed by atoms with Gasteiger partial charge in [0.05, 0.1) is 11.6 Å². The van der Waals surface area contributed by atoms with E-state index in [1.807, 2.05) is 13.2 Å². The lowest BCUT2D eigenvalue weighted by Crippen LogP contribution is -2.38. The molecule has 3 rings (SSSR count). The lowest BCUT2D eigenvalue weighted by atomic mass is 10.2. The first-order valence-electron chi connectivity index (χ1n) is 6.91. The fourth-order valence-electron chi connectivity index (χ4n) is 2.82. The van der Waals surface area contributed by atoms with Crippen molar-refractivity contribution in [2.24, 2.45) is 7.05 Å². The number of hydrogen-bond donors (Lipinski definition) is 1. The Bertz CT molecular complexity index is 563. The highest BCUT2D eigenvalue weighted by molar-refractivity contribution is 5.86. The number of nitrogens with zero attached hydrogens (tertiary/aromatic N) is 5. The molecule has 2 aromatic heterocycles.